The van der Waals surface area contributed by atoms with Crippen LogP contribution in [0, 0.1) is 11.3 Å². The summed E-state index contributed by atoms with van der Waals surface area (Å²) in [4.78, 5) is 163. The third-order valence-corrected chi connectivity index (χ3v) is 15.6. The number of likely N-dealkylation sites (tertiary alicyclic amines) is 1. The smallest absolute Gasteiger partial charge is 0.326 e. The normalized spacial score (nSPS) is 16.9. The van der Waals surface area contributed by atoms with E-state index in [1.165, 1.54) is 22.7 Å². The number of likely N-dealkylation sites (N-methyl/N-ethyl adjacent to an activating group) is 1. The average Bonchev–Trinajstić information content (AvgIpc) is 3.01. The number of carboxylic acids is 1. The maximum absolute atomic E-state index is 14.4. The van der Waals surface area contributed by atoms with E-state index in [4.69, 9.17) is 16.9 Å². The Labute approximate surface area is 514 Å². The molecular weight excluding hydrogens is 1170 g/mol. The van der Waals surface area contributed by atoms with Gasteiger partial charge in [0.1, 0.15) is 54.4 Å². The molecule has 1 aliphatic heterocycles. The standard InChI is InChI=1S/C55H89N15O15S2/c1-9-23-87-28-38(48(78)68-44(32(6)72)52(82)69-43(31(5)71)51(81)65-37(54(84)85)26-40(56)73)66-50(80)42(29(3)10-2)67-41(74)27-61-45(75)35(20-24-86-8)63-46(76)34(18-14-21-60-55(57)58)62-47(77)36(25-33-16-12-11-13-17-33)64-49(79)39-19-15-22-70(39)53(83)30(4)59-7/h9,11-13,16-17,29-32,34-39,42-44,59,71-72H,1,10,14-15,18-28H2,2-8H3,(H2,56,73)(H,61,75)(H,62,77)(H,63,76)(H,64,79)(H,65,81)(H,66,80)(H,67,74)(H,68,78)(H,69,82)(H,84,85)(H4,57,58,60). The molecule has 1 fully saturated rings. The molecule has 0 spiro atoms. The number of carbonyl (C=O) groups is 12. The highest BCUT2D eigenvalue weighted by atomic mass is 32.2. The minimum Gasteiger partial charge on any atom is -0.480 e. The molecule has 0 bridgehead atoms. The van der Waals surface area contributed by atoms with Gasteiger partial charge in [-0.3, -0.25) is 58.1 Å². The Morgan fingerprint density at radius 1 is 0.724 bits per heavy atom. The summed E-state index contributed by atoms with van der Waals surface area (Å²) in [5, 5.41) is 66.0. The van der Waals surface area contributed by atoms with Crippen molar-refractivity contribution < 1.29 is 72.9 Å². The van der Waals surface area contributed by atoms with Crippen molar-refractivity contribution in [2.75, 3.05) is 50.2 Å². The molecule has 13 atom stereocenters. The van der Waals surface area contributed by atoms with Gasteiger partial charge in [-0.2, -0.15) is 23.5 Å². The maximum Gasteiger partial charge on any atom is 0.326 e. The van der Waals surface area contributed by atoms with Gasteiger partial charge in [0.25, 0.3) is 0 Å². The zero-order valence-corrected chi connectivity index (χ0v) is 51.9. The molecule has 1 aromatic carbocycles. The largest absolute Gasteiger partial charge is 0.480 e. The van der Waals surface area contributed by atoms with E-state index in [1.807, 2.05) is 5.32 Å². The molecular formula is C55H89N15O15S2. The van der Waals surface area contributed by atoms with Gasteiger partial charge in [0.15, 0.2) is 5.96 Å². The summed E-state index contributed by atoms with van der Waals surface area (Å²) in [5.41, 5.74) is 11.3. The summed E-state index contributed by atoms with van der Waals surface area (Å²) < 4.78 is 0. The first kappa shape index (κ1) is 75.5. The maximum atomic E-state index is 14.4. The second-order valence-electron chi connectivity index (χ2n) is 20.9. The zero-order valence-electron chi connectivity index (χ0n) is 50.2. The van der Waals surface area contributed by atoms with E-state index in [1.54, 1.807) is 64.4 Å². The molecule has 32 heteroatoms. The van der Waals surface area contributed by atoms with E-state index < -0.39 is 157 Å². The number of benzene rings is 1. The van der Waals surface area contributed by atoms with Gasteiger partial charge in [-0.05, 0) is 83.4 Å². The van der Waals surface area contributed by atoms with Crippen LogP contribution in [0.25, 0.3) is 0 Å². The quantitative estimate of drug-likeness (QED) is 0.0127. The fourth-order valence-electron chi connectivity index (χ4n) is 8.75. The lowest BCUT2D eigenvalue weighted by Crippen LogP contribution is -2.63. The Morgan fingerprint density at radius 2 is 1.28 bits per heavy atom. The SMILES string of the molecule is C=CCSCC(NC(=O)C(NC(=O)CNC(=O)C(CCSC)NC(=O)C(CCCNC(=N)N)NC(=O)C(Cc1ccccc1)NC(=O)C1CCCN1C(=O)C(C)NC)C(C)CC)C(=O)NC(C(=O)NC(C(=O)NC(CC(N)=O)C(=O)O)C(C)O)C(C)O. The van der Waals surface area contributed by atoms with Crippen LogP contribution in [0.3, 0.4) is 0 Å². The fraction of sp³-hybridized carbons (Fsp3) is 0.618. The number of hydrogen-bond acceptors (Lipinski definition) is 18. The van der Waals surface area contributed by atoms with E-state index in [2.05, 4.69) is 59.7 Å². The van der Waals surface area contributed by atoms with Gasteiger partial charge in [-0.25, -0.2) is 4.79 Å². The summed E-state index contributed by atoms with van der Waals surface area (Å²) in [5.74, 6) is -11.6. The number of hydrogen-bond donors (Lipinski definition) is 17. The van der Waals surface area contributed by atoms with Gasteiger partial charge in [0.05, 0.1) is 31.2 Å². The van der Waals surface area contributed by atoms with Crippen LogP contribution in [0.4, 0.5) is 0 Å². The van der Waals surface area contributed by atoms with Gasteiger partial charge < -0.3 is 90.2 Å². The minimum absolute atomic E-state index is 0.00289. The average molecular weight is 1260 g/mol. The molecule has 13 unspecified atom stereocenters. The molecule has 2 rings (SSSR count). The Bertz CT molecular complexity index is 2530. The number of aliphatic hydroxyl groups is 2. The highest BCUT2D eigenvalue weighted by Crippen LogP contribution is 2.20. The molecule has 0 radical (unpaired) electrons. The predicted molar refractivity (Wildman–Crippen MR) is 326 cm³/mol. The van der Waals surface area contributed by atoms with Crippen LogP contribution in [-0.2, 0) is 64.0 Å². The van der Waals surface area contributed by atoms with E-state index in [0.717, 1.165) is 25.6 Å². The first-order valence-electron chi connectivity index (χ1n) is 28.4. The minimum atomic E-state index is -1.87. The van der Waals surface area contributed by atoms with Crippen molar-refractivity contribution in [1.29, 1.82) is 5.41 Å². The third kappa shape index (κ3) is 26.5. The predicted octanol–water partition coefficient (Wildman–Crippen LogP) is -4.47. The van der Waals surface area contributed by atoms with Crippen LogP contribution in [0.5, 0.6) is 0 Å². The highest BCUT2D eigenvalue weighted by Gasteiger charge is 2.40. The molecule has 11 amide bonds. The van der Waals surface area contributed by atoms with Crippen LogP contribution in [0.2, 0.25) is 0 Å². The molecule has 0 aliphatic carbocycles. The molecule has 486 valence electrons. The third-order valence-electron chi connectivity index (χ3n) is 14.0. The van der Waals surface area contributed by atoms with Crippen LogP contribution < -0.4 is 70.0 Å². The number of primary amides is 1. The van der Waals surface area contributed by atoms with E-state index in [9.17, 15) is 72.9 Å². The number of aliphatic hydroxyl groups excluding tert-OH is 2. The van der Waals surface area contributed by atoms with Crippen molar-refractivity contribution in [2.24, 2.45) is 17.4 Å². The second kappa shape index (κ2) is 39.3. The lowest BCUT2D eigenvalue weighted by Gasteiger charge is -2.29. The van der Waals surface area contributed by atoms with Gasteiger partial charge in [-0.1, -0.05) is 56.7 Å². The number of aliphatic carboxylic acids is 1. The van der Waals surface area contributed by atoms with Crippen molar-refractivity contribution in [3.8, 4) is 0 Å². The van der Waals surface area contributed by atoms with Crippen molar-refractivity contribution in [3.05, 3.63) is 48.6 Å². The summed E-state index contributed by atoms with van der Waals surface area (Å²) in [6, 6.07) is -4.78. The number of nitrogens with one attached hydrogen (secondary N) is 12. The molecule has 19 N–H and O–H groups in total. The van der Waals surface area contributed by atoms with Gasteiger partial charge in [0.2, 0.25) is 65.0 Å². The molecule has 1 saturated heterocycles. The molecule has 0 saturated carbocycles. The Balaban J connectivity index is 2.35. The highest BCUT2D eigenvalue weighted by molar-refractivity contribution is 7.99. The number of nitrogens with zero attached hydrogens (tertiary/aromatic N) is 1. The number of rotatable bonds is 40. The molecule has 0 aromatic heterocycles. The number of thioether (sulfide) groups is 2. The molecule has 87 heavy (non-hydrogen) atoms. The fourth-order valence-corrected chi connectivity index (χ4v) is 9.99. The number of nitrogens with two attached hydrogens (primary N) is 2. The summed E-state index contributed by atoms with van der Waals surface area (Å²) in [6.45, 7) is 10.6. The van der Waals surface area contributed by atoms with Crippen LogP contribution >= 0.6 is 23.5 Å². The van der Waals surface area contributed by atoms with Crippen LogP contribution in [0.1, 0.15) is 85.1 Å². The van der Waals surface area contributed by atoms with Gasteiger partial charge in [0, 0.05) is 31.0 Å². The number of carbonyl (C=O) groups excluding carboxylic acids is 11. The van der Waals surface area contributed by atoms with Gasteiger partial charge >= 0.3 is 5.97 Å². The summed E-state index contributed by atoms with van der Waals surface area (Å²) in [7, 11) is 1.63. The molecule has 1 aromatic rings. The van der Waals surface area contributed by atoms with Crippen molar-refractivity contribution in [3.63, 3.8) is 0 Å². The van der Waals surface area contributed by atoms with Gasteiger partial charge in [-0.15, -0.1) is 6.58 Å². The van der Waals surface area contributed by atoms with Crippen molar-refractivity contribution in [2.45, 2.75) is 159 Å². The Kier molecular flexibility index (Phi) is 34.1. The first-order chi connectivity index (χ1) is 41.1. The molecule has 1 aliphatic rings. The second-order valence-corrected chi connectivity index (χ2v) is 23.0. The number of amides is 11. The van der Waals surface area contributed by atoms with Crippen molar-refractivity contribution >= 4 is 100 Å². The Morgan fingerprint density at radius 3 is 1.83 bits per heavy atom. The van der Waals surface area contributed by atoms with E-state index in [0.29, 0.717) is 37.1 Å². The Hall–Kier alpha value is -7.55. The summed E-state index contributed by atoms with van der Waals surface area (Å²) in [6.07, 6.45) is 0.544. The zero-order chi connectivity index (χ0) is 65.5. The first-order valence-corrected chi connectivity index (χ1v) is 31.0. The monoisotopic (exact) mass is 1260 g/mol. The van der Waals surface area contributed by atoms with Crippen LogP contribution in [0.15, 0.2) is 43.0 Å². The molecule has 1 heterocycles. The number of carboxylic acid groups (broad SMARTS) is 1. The topological polar surface area (TPSA) is 477 Å². The van der Waals surface area contributed by atoms with Crippen molar-refractivity contribution in [1.82, 2.24) is 63.4 Å². The lowest BCUT2D eigenvalue weighted by molar-refractivity contribution is -0.144. The summed E-state index contributed by atoms with van der Waals surface area (Å²) >= 11 is 2.49. The van der Waals surface area contributed by atoms with E-state index in [-0.39, 0.29) is 55.6 Å². The number of guanidine groups is 1. The van der Waals surface area contributed by atoms with E-state index >= 15 is 0 Å². The lowest BCUT2D eigenvalue weighted by atomic mass is 9.98. The van der Waals surface area contributed by atoms with Crippen LogP contribution in [-0.4, -0.2) is 220 Å². The molecule has 30 nitrogen and oxygen atoms in total.